The Labute approximate surface area is 196 Å². The quantitative estimate of drug-likeness (QED) is 0.511. The van der Waals surface area contributed by atoms with Gasteiger partial charge in [0.1, 0.15) is 17.6 Å². The molecule has 0 spiro atoms. The zero-order valence-electron chi connectivity index (χ0n) is 19.2. The lowest BCUT2D eigenvalue weighted by Crippen LogP contribution is -2.42. The number of carbonyl (C=O) groups excluding carboxylic acids is 2. The normalized spacial score (nSPS) is 13.7. The van der Waals surface area contributed by atoms with Crippen molar-refractivity contribution in [3.63, 3.8) is 0 Å². The van der Waals surface area contributed by atoms with E-state index in [1.165, 1.54) is 12.4 Å². The van der Waals surface area contributed by atoms with Gasteiger partial charge in [0.2, 0.25) is 5.82 Å². The van der Waals surface area contributed by atoms with Crippen molar-refractivity contribution in [3.8, 4) is 17.2 Å². The van der Waals surface area contributed by atoms with Crippen LogP contribution in [0.3, 0.4) is 0 Å². The minimum absolute atomic E-state index is 0.118. The number of likely N-dealkylation sites (tertiary alicyclic amines) is 1. The number of nitrogens with one attached hydrogen (secondary N) is 1. The molecular formula is C23H26N6O5. The first-order chi connectivity index (χ1) is 16.4. The van der Waals surface area contributed by atoms with E-state index in [0.717, 1.165) is 19.5 Å². The number of aromatic nitrogens is 4. The van der Waals surface area contributed by atoms with Gasteiger partial charge >= 0.3 is 0 Å². The third-order valence-corrected chi connectivity index (χ3v) is 5.03. The van der Waals surface area contributed by atoms with Crippen LogP contribution in [0.15, 0.2) is 42.9 Å². The number of methoxy groups -OCH3 is 1. The smallest absolute Gasteiger partial charge is 0.291 e. The maximum Gasteiger partial charge on any atom is 0.291 e. The number of hydrogen-bond donors (Lipinski definition) is 1. The number of ether oxygens (including phenoxy) is 3. The van der Waals surface area contributed by atoms with Crippen molar-refractivity contribution in [1.82, 2.24) is 24.6 Å². The minimum atomic E-state index is -0.375. The van der Waals surface area contributed by atoms with Crippen LogP contribution in [0, 0.1) is 0 Å². The molecule has 0 bridgehead atoms. The Balaban J connectivity index is 1.54. The second kappa shape index (κ2) is 10.3. The van der Waals surface area contributed by atoms with E-state index in [1.54, 1.807) is 54.2 Å². The van der Waals surface area contributed by atoms with Gasteiger partial charge in [0.05, 0.1) is 19.0 Å². The first-order valence-corrected chi connectivity index (χ1v) is 10.8. The van der Waals surface area contributed by atoms with E-state index in [9.17, 15) is 9.59 Å². The molecule has 34 heavy (non-hydrogen) atoms. The average molecular weight is 466 g/mol. The molecule has 1 saturated heterocycles. The molecule has 2 aromatic heterocycles. The maximum atomic E-state index is 12.8. The molecule has 0 saturated carbocycles. The zero-order valence-corrected chi connectivity index (χ0v) is 19.2. The van der Waals surface area contributed by atoms with E-state index in [0.29, 0.717) is 35.2 Å². The van der Waals surface area contributed by atoms with Crippen LogP contribution in [0.2, 0.25) is 0 Å². The van der Waals surface area contributed by atoms with Crippen molar-refractivity contribution < 1.29 is 23.8 Å². The van der Waals surface area contributed by atoms with Gasteiger partial charge in [-0.2, -0.15) is 5.10 Å². The first kappa shape index (κ1) is 23.2. The number of rotatable bonds is 9. The van der Waals surface area contributed by atoms with Crippen molar-refractivity contribution in [2.24, 2.45) is 7.05 Å². The molecule has 1 fully saturated rings. The number of nitrogens with zero attached hydrogens (tertiary/aromatic N) is 5. The summed E-state index contributed by atoms with van der Waals surface area (Å²) >= 11 is 0. The van der Waals surface area contributed by atoms with Gasteiger partial charge in [-0.15, -0.1) is 0 Å². The third kappa shape index (κ3) is 5.67. The largest absolute Gasteiger partial charge is 0.488 e. The lowest BCUT2D eigenvalue weighted by atomic mass is 10.2. The van der Waals surface area contributed by atoms with Crippen molar-refractivity contribution in [1.29, 1.82) is 0 Å². The molecule has 3 aromatic rings. The SMILES string of the molecule is COC[C@H](C)Oc1cc(Oc2cnc(C(=O)N3CCC3)nc2)cc(C(=O)Nc2ccn(C)n2)c1. The Bertz CT molecular complexity index is 1160. The maximum absolute atomic E-state index is 12.8. The summed E-state index contributed by atoms with van der Waals surface area (Å²) in [5.74, 6) is 1.06. The van der Waals surface area contributed by atoms with Gasteiger partial charge in [-0.25, -0.2) is 9.97 Å². The van der Waals surface area contributed by atoms with E-state index >= 15 is 0 Å². The van der Waals surface area contributed by atoms with Gasteiger partial charge in [0.25, 0.3) is 11.8 Å². The Morgan fingerprint density at radius 3 is 2.47 bits per heavy atom. The summed E-state index contributed by atoms with van der Waals surface area (Å²) in [7, 11) is 3.35. The highest BCUT2D eigenvalue weighted by atomic mass is 16.5. The van der Waals surface area contributed by atoms with E-state index in [4.69, 9.17) is 14.2 Å². The summed E-state index contributed by atoms with van der Waals surface area (Å²) in [6, 6.07) is 6.54. The summed E-state index contributed by atoms with van der Waals surface area (Å²) in [5, 5.41) is 6.91. The highest BCUT2D eigenvalue weighted by Gasteiger charge is 2.23. The van der Waals surface area contributed by atoms with E-state index in [2.05, 4.69) is 20.4 Å². The summed E-state index contributed by atoms with van der Waals surface area (Å²) in [4.78, 5) is 35.0. The Hall–Kier alpha value is -3.99. The topological polar surface area (TPSA) is 121 Å². The van der Waals surface area contributed by atoms with E-state index < -0.39 is 0 Å². The Kier molecular flexibility index (Phi) is 7.02. The van der Waals surface area contributed by atoms with Crippen LogP contribution in [0.4, 0.5) is 5.82 Å². The van der Waals surface area contributed by atoms with Crippen LogP contribution < -0.4 is 14.8 Å². The molecule has 1 aliphatic heterocycles. The fourth-order valence-corrected chi connectivity index (χ4v) is 3.28. The van der Waals surface area contributed by atoms with Crippen LogP contribution in [-0.4, -0.2) is 69.4 Å². The van der Waals surface area contributed by atoms with Gasteiger partial charge in [0, 0.05) is 51.1 Å². The Morgan fingerprint density at radius 2 is 1.85 bits per heavy atom. The molecule has 178 valence electrons. The summed E-state index contributed by atoms with van der Waals surface area (Å²) in [5.41, 5.74) is 0.313. The van der Waals surface area contributed by atoms with Gasteiger partial charge < -0.3 is 24.4 Å². The average Bonchev–Trinajstić information content (AvgIpc) is 3.17. The van der Waals surface area contributed by atoms with Crippen molar-refractivity contribution >= 4 is 17.6 Å². The number of anilines is 1. The van der Waals surface area contributed by atoms with Crippen LogP contribution in [0.25, 0.3) is 0 Å². The highest BCUT2D eigenvalue weighted by Crippen LogP contribution is 2.28. The molecule has 2 amide bonds. The van der Waals surface area contributed by atoms with Crippen LogP contribution in [-0.2, 0) is 11.8 Å². The van der Waals surface area contributed by atoms with Gasteiger partial charge in [-0.05, 0) is 25.5 Å². The van der Waals surface area contributed by atoms with Crippen molar-refractivity contribution in [2.45, 2.75) is 19.4 Å². The fraction of sp³-hybridized carbons (Fsp3) is 0.348. The van der Waals surface area contributed by atoms with Crippen LogP contribution in [0.5, 0.6) is 17.2 Å². The molecule has 11 nitrogen and oxygen atoms in total. The number of benzene rings is 1. The summed E-state index contributed by atoms with van der Waals surface area (Å²) in [6.07, 6.45) is 5.32. The number of amides is 2. The molecule has 4 rings (SSSR count). The highest BCUT2D eigenvalue weighted by molar-refractivity contribution is 6.04. The van der Waals surface area contributed by atoms with E-state index in [-0.39, 0.29) is 23.7 Å². The second-order valence-corrected chi connectivity index (χ2v) is 7.90. The van der Waals surface area contributed by atoms with Crippen LogP contribution >= 0.6 is 0 Å². The molecule has 1 aliphatic rings. The predicted molar refractivity (Wildman–Crippen MR) is 122 cm³/mol. The molecule has 3 heterocycles. The lowest BCUT2D eigenvalue weighted by molar-refractivity contribution is 0.0638. The van der Waals surface area contributed by atoms with E-state index in [1.807, 2.05) is 6.92 Å². The molecule has 1 aromatic carbocycles. The second-order valence-electron chi connectivity index (χ2n) is 7.90. The van der Waals surface area contributed by atoms with Crippen molar-refractivity contribution in [2.75, 3.05) is 32.1 Å². The first-order valence-electron chi connectivity index (χ1n) is 10.8. The summed E-state index contributed by atoms with van der Waals surface area (Å²) < 4.78 is 18.5. The molecule has 11 heteroatoms. The zero-order chi connectivity index (χ0) is 24.1. The third-order valence-electron chi connectivity index (χ3n) is 5.03. The lowest BCUT2D eigenvalue weighted by Gasteiger charge is -2.29. The molecular weight excluding hydrogens is 440 g/mol. The van der Waals surface area contributed by atoms with Gasteiger partial charge in [-0.1, -0.05) is 0 Å². The fourth-order valence-electron chi connectivity index (χ4n) is 3.28. The molecule has 1 N–H and O–H groups in total. The number of aryl methyl sites for hydroxylation is 1. The van der Waals surface area contributed by atoms with Crippen LogP contribution in [0.1, 0.15) is 34.3 Å². The monoisotopic (exact) mass is 466 g/mol. The van der Waals surface area contributed by atoms with Gasteiger partial charge in [0.15, 0.2) is 11.6 Å². The predicted octanol–water partition coefficient (Wildman–Crippen LogP) is 2.51. The molecule has 1 atom stereocenters. The molecule has 0 unspecified atom stereocenters. The standard InChI is InChI=1S/C23H26N6O5/c1-15(14-32-3)33-17-9-16(22(30)26-20-5-8-28(2)27-20)10-18(11-17)34-19-12-24-21(25-13-19)23(31)29-6-4-7-29/h5,8-13,15H,4,6-7,14H2,1-3H3,(H,26,27,30)/t15-/m0/s1. The Morgan fingerprint density at radius 1 is 1.12 bits per heavy atom. The summed E-state index contributed by atoms with van der Waals surface area (Å²) in [6.45, 7) is 3.67. The number of carbonyl (C=O) groups is 2. The number of hydrogen-bond acceptors (Lipinski definition) is 8. The molecule has 0 aliphatic carbocycles. The molecule has 0 radical (unpaired) electrons. The minimum Gasteiger partial charge on any atom is -0.488 e. The van der Waals surface area contributed by atoms with Crippen molar-refractivity contribution in [3.05, 3.63) is 54.2 Å². The van der Waals surface area contributed by atoms with Gasteiger partial charge in [-0.3, -0.25) is 14.3 Å².